The van der Waals surface area contributed by atoms with Gasteiger partial charge in [-0.3, -0.25) is 0 Å². The minimum absolute atomic E-state index is 0.360. The third-order valence-electron chi connectivity index (χ3n) is 3.16. The standard InChI is InChI=1S/C17H20BrNO4/c1-3-4-5-6-7-23-16-12(8-13(11-19)17(20)21)9-14(18)10-15(16)22-2/h8-10H,3-7H2,1-2H3,(H,20,21). The number of ether oxygens (including phenoxy) is 2. The highest BCUT2D eigenvalue weighted by atomic mass is 79.9. The molecule has 1 N–H and O–H groups in total. The number of carboxylic acids is 1. The molecule has 0 saturated heterocycles. The second-order valence-electron chi connectivity index (χ2n) is 4.91. The first kappa shape index (κ1) is 19.0. The molecule has 0 amide bonds. The van der Waals surface area contributed by atoms with Gasteiger partial charge in [-0.1, -0.05) is 42.1 Å². The van der Waals surface area contributed by atoms with Gasteiger partial charge in [-0.25, -0.2) is 4.79 Å². The van der Waals surface area contributed by atoms with Crippen molar-refractivity contribution >= 4 is 28.0 Å². The van der Waals surface area contributed by atoms with Gasteiger partial charge in [-0.2, -0.15) is 5.26 Å². The number of nitriles is 1. The Hall–Kier alpha value is -2.00. The largest absolute Gasteiger partial charge is 0.493 e. The second kappa shape index (κ2) is 9.90. The average Bonchev–Trinajstić information content (AvgIpc) is 2.52. The van der Waals surface area contributed by atoms with E-state index in [9.17, 15) is 4.79 Å². The number of carboxylic acid groups (broad SMARTS) is 1. The maximum Gasteiger partial charge on any atom is 0.346 e. The SMILES string of the molecule is CCCCCCOc1c(C=C(C#N)C(=O)O)cc(Br)cc1OC. The summed E-state index contributed by atoms with van der Waals surface area (Å²) in [5.74, 6) is -0.342. The quantitative estimate of drug-likeness (QED) is 0.389. The molecule has 6 heteroatoms. The zero-order valence-corrected chi connectivity index (χ0v) is 14.9. The topological polar surface area (TPSA) is 79.5 Å². The van der Waals surface area contributed by atoms with Crippen LogP contribution in [0.2, 0.25) is 0 Å². The molecule has 0 fully saturated rings. The summed E-state index contributed by atoms with van der Waals surface area (Å²) < 4.78 is 11.8. The Labute approximate surface area is 144 Å². The summed E-state index contributed by atoms with van der Waals surface area (Å²) in [5.41, 5.74) is 0.131. The fourth-order valence-electron chi connectivity index (χ4n) is 2.00. The zero-order chi connectivity index (χ0) is 17.2. The van der Waals surface area contributed by atoms with Gasteiger partial charge in [-0.15, -0.1) is 0 Å². The Morgan fingerprint density at radius 3 is 2.70 bits per heavy atom. The molecule has 0 unspecified atom stereocenters. The lowest BCUT2D eigenvalue weighted by atomic mass is 10.1. The van der Waals surface area contributed by atoms with E-state index >= 15 is 0 Å². The van der Waals surface area contributed by atoms with E-state index in [1.165, 1.54) is 13.2 Å². The Kier molecular flexibility index (Phi) is 8.20. The van der Waals surface area contributed by atoms with Gasteiger partial charge in [-0.05, 0) is 24.6 Å². The maximum atomic E-state index is 11.0. The molecule has 1 aromatic rings. The molecule has 0 aliphatic heterocycles. The van der Waals surface area contributed by atoms with Crippen molar-refractivity contribution < 1.29 is 19.4 Å². The van der Waals surface area contributed by atoms with Crippen molar-refractivity contribution in [1.29, 1.82) is 5.26 Å². The number of hydrogen-bond donors (Lipinski definition) is 1. The molecule has 0 aliphatic carbocycles. The lowest BCUT2D eigenvalue weighted by Gasteiger charge is -2.14. The second-order valence-corrected chi connectivity index (χ2v) is 5.83. The molecule has 0 atom stereocenters. The highest BCUT2D eigenvalue weighted by Gasteiger charge is 2.14. The summed E-state index contributed by atoms with van der Waals surface area (Å²) in [7, 11) is 1.52. The normalized spacial score (nSPS) is 11.0. The van der Waals surface area contributed by atoms with Crippen LogP contribution in [0.15, 0.2) is 22.2 Å². The molecule has 0 radical (unpaired) electrons. The highest BCUT2D eigenvalue weighted by Crippen LogP contribution is 2.36. The summed E-state index contributed by atoms with van der Waals surface area (Å²) in [6.45, 7) is 2.64. The van der Waals surface area contributed by atoms with Gasteiger partial charge in [0.15, 0.2) is 11.5 Å². The number of hydrogen-bond acceptors (Lipinski definition) is 4. The number of unbranched alkanes of at least 4 members (excludes halogenated alkanes) is 3. The van der Waals surface area contributed by atoms with E-state index in [2.05, 4.69) is 22.9 Å². The van der Waals surface area contributed by atoms with Gasteiger partial charge >= 0.3 is 5.97 Å². The van der Waals surface area contributed by atoms with Crippen LogP contribution in [0.25, 0.3) is 6.08 Å². The van der Waals surface area contributed by atoms with E-state index in [0.29, 0.717) is 28.1 Å². The van der Waals surface area contributed by atoms with Gasteiger partial charge in [0.05, 0.1) is 13.7 Å². The van der Waals surface area contributed by atoms with Gasteiger partial charge in [0.25, 0.3) is 0 Å². The van der Waals surface area contributed by atoms with Gasteiger partial charge in [0, 0.05) is 10.0 Å². The van der Waals surface area contributed by atoms with Gasteiger partial charge in [0.2, 0.25) is 0 Å². The maximum absolute atomic E-state index is 11.0. The highest BCUT2D eigenvalue weighted by molar-refractivity contribution is 9.10. The zero-order valence-electron chi connectivity index (χ0n) is 13.3. The van der Waals surface area contributed by atoms with E-state index in [4.69, 9.17) is 19.8 Å². The van der Waals surface area contributed by atoms with Crippen molar-refractivity contribution in [2.24, 2.45) is 0 Å². The molecule has 5 nitrogen and oxygen atoms in total. The third-order valence-corrected chi connectivity index (χ3v) is 3.62. The van der Waals surface area contributed by atoms with Crippen LogP contribution in [0.3, 0.4) is 0 Å². The first-order valence-corrected chi connectivity index (χ1v) is 8.18. The van der Waals surface area contributed by atoms with Crippen molar-refractivity contribution in [2.45, 2.75) is 32.6 Å². The van der Waals surface area contributed by atoms with E-state index in [1.807, 2.05) is 0 Å². The monoisotopic (exact) mass is 381 g/mol. The average molecular weight is 382 g/mol. The number of benzene rings is 1. The molecule has 0 spiro atoms. The Balaban J connectivity index is 3.10. The fourth-order valence-corrected chi connectivity index (χ4v) is 2.46. The molecular formula is C17H20BrNO4. The van der Waals surface area contributed by atoms with Crippen LogP contribution >= 0.6 is 15.9 Å². The molecule has 23 heavy (non-hydrogen) atoms. The molecule has 124 valence electrons. The predicted molar refractivity (Wildman–Crippen MR) is 91.6 cm³/mol. The lowest BCUT2D eigenvalue weighted by molar-refractivity contribution is -0.132. The van der Waals surface area contributed by atoms with E-state index in [-0.39, 0.29) is 5.57 Å². The number of carbonyl (C=O) groups is 1. The first-order valence-electron chi connectivity index (χ1n) is 7.38. The number of rotatable bonds is 9. The number of aliphatic carboxylic acids is 1. The van der Waals surface area contributed by atoms with Crippen molar-refractivity contribution in [3.8, 4) is 17.6 Å². The van der Waals surface area contributed by atoms with Crippen molar-refractivity contribution in [1.82, 2.24) is 0 Å². The summed E-state index contributed by atoms with van der Waals surface area (Å²) in [6.07, 6.45) is 5.54. The molecule has 0 aromatic heterocycles. The molecular weight excluding hydrogens is 362 g/mol. The Bertz CT molecular complexity index is 620. The predicted octanol–water partition coefficient (Wildman–Crippen LogP) is 4.41. The van der Waals surface area contributed by atoms with E-state index in [1.54, 1.807) is 18.2 Å². The smallest absolute Gasteiger partial charge is 0.346 e. The molecule has 0 saturated carbocycles. The number of halogens is 1. The van der Waals surface area contributed by atoms with Crippen LogP contribution in [0.5, 0.6) is 11.5 Å². The number of methoxy groups -OCH3 is 1. The Morgan fingerprint density at radius 2 is 2.13 bits per heavy atom. The fraction of sp³-hybridized carbons (Fsp3) is 0.412. The number of nitrogens with zero attached hydrogens (tertiary/aromatic N) is 1. The minimum atomic E-state index is -1.28. The molecule has 0 aliphatic rings. The van der Waals surface area contributed by atoms with Crippen molar-refractivity contribution in [3.63, 3.8) is 0 Å². The molecule has 0 heterocycles. The summed E-state index contributed by atoms with van der Waals surface area (Å²) in [6, 6.07) is 5.11. The lowest BCUT2D eigenvalue weighted by Crippen LogP contribution is -2.03. The van der Waals surface area contributed by atoms with E-state index in [0.717, 1.165) is 25.7 Å². The van der Waals surface area contributed by atoms with Crippen LogP contribution < -0.4 is 9.47 Å². The van der Waals surface area contributed by atoms with Crippen molar-refractivity contribution in [2.75, 3.05) is 13.7 Å². The summed E-state index contributed by atoms with van der Waals surface area (Å²) in [5, 5.41) is 18.0. The molecule has 0 bridgehead atoms. The van der Waals surface area contributed by atoms with Crippen LogP contribution in [-0.4, -0.2) is 24.8 Å². The third kappa shape index (κ3) is 5.95. The van der Waals surface area contributed by atoms with Crippen LogP contribution in [0.4, 0.5) is 0 Å². The van der Waals surface area contributed by atoms with Crippen molar-refractivity contribution in [3.05, 3.63) is 27.7 Å². The van der Waals surface area contributed by atoms with E-state index < -0.39 is 5.97 Å². The molecule has 1 rings (SSSR count). The summed E-state index contributed by atoms with van der Waals surface area (Å²) >= 11 is 3.34. The Morgan fingerprint density at radius 1 is 1.39 bits per heavy atom. The van der Waals surface area contributed by atoms with Crippen LogP contribution in [-0.2, 0) is 4.79 Å². The molecule has 1 aromatic carbocycles. The van der Waals surface area contributed by atoms with Gasteiger partial charge in [0.1, 0.15) is 11.6 Å². The van der Waals surface area contributed by atoms with Crippen LogP contribution in [0, 0.1) is 11.3 Å². The van der Waals surface area contributed by atoms with Gasteiger partial charge < -0.3 is 14.6 Å². The first-order chi connectivity index (χ1) is 11.0. The minimum Gasteiger partial charge on any atom is -0.493 e. The van der Waals surface area contributed by atoms with Crippen LogP contribution in [0.1, 0.15) is 38.2 Å². The summed E-state index contributed by atoms with van der Waals surface area (Å²) in [4.78, 5) is 11.0.